The molecule has 0 bridgehead atoms. The van der Waals surface area contributed by atoms with E-state index in [-0.39, 0.29) is 18.0 Å². The number of benzene rings is 2. The van der Waals surface area contributed by atoms with Crippen molar-refractivity contribution in [2.75, 3.05) is 37.2 Å². The van der Waals surface area contributed by atoms with Crippen LogP contribution in [-0.4, -0.2) is 64.9 Å². The maximum absolute atomic E-state index is 12.8. The molecule has 0 spiro atoms. The standard InChI is InChI=1S/C23H25Br2N5O2/c24-18-9-15(10-19(25)21(18)26)22(31)29-12-17(13-29)28-7-5-16(6-8-28)30-11-14-3-1-2-4-20(14)27-23(30)32/h1-4,9-10,16-17H,5-8,11-13,26H2,(H,27,32). The molecule has 2 aromatic rings. The van der Waals surface area contributed by atoms with E-state index in [1.807, 2.05) is 28.0 Å². The van der Waals surface area contributed by atoms with Gasteiger partial charge in [0, 0.05) is 65.0 Å². The van der Waals surface area contributed by atoms with Gasteiger partial charge < -0.3 is 20.9 Å². The summed E-state index contributed by atoms with van der Waals surface area (Å²) < 4.78 is 1.44. The second-order valence-corrected chi connectivity index (χ2v) is 10.4. The predicted octanol–water partition coefficient (Wildman–Crippen LogP) is 4.13. The number of nitrogens with zero attached hydrogens (tertiary/aromatic N) is 3. The Morgan fingerprint density at radius 1 is 1.03 bits per heavy atom. The third kappa shape index (κ3) is 4.02. The van der Waals surface area contributed by atoms with Crippen LogP contribution in [0.2, 0.25) is 0 Å². The number of carbonyl (C=O) groups is 2. The Kier molecular flexibility index (Phi) is 5.90. The fraction of sp³-hybridized carbons (Fsp3) is 0.391. The highest BCUT2D eigenvalue weighted by molar-refractivity contribution is 9.11. The zero-order valence-corrected chi connectivity index (χ0v) is 20.7. The predicted molar refractivity (Wildman–Crippen MR) is 132 cm³/mol. The van der Waals surface area contributed by atoms with Crippen LogP contribution in [-0.2, 0) is 6.54 Å². The van der Waals surface area contributed by atoms with Gasteiger partial charge in [-0.2, -0.15) is 0 Å². The van der Waals surface area contributed by atoms with Gasteiger partial charge in [-0.25, -0.2) is 4.79 Å². The van der Waals surface area contributed by atoms with Crippen LogP contribution in [0.15, 0.2) is 45.3 Å². The summed E-state index contributed by atoms with van der Waals surface area (Å²) in [6.45, 7) is 4.04. The lowest BCUT2D eigenvalue weighted by Crippen LogP contribution is -2.63. The molecule has 168 valence electrons. The van der Waals surface area contributed by atoms with Crippen molar-refractivity contribution in [3.05, 3.63) is 56.5 Å². The van der Waals surface area contributed by atoms with Crippen molar-refractivity contribution in [3.8, 4) is 0 Å². The van der Waals surface area contributed by atoms with Crippen LogP contribution in [0.4, 0.5) is 16.2 Å². The van der Waals surface area contributed by atoms with E-state index in [9.17, 15) is 9.59 Å². The molecule has 32 heavy (non-hydrogen) atoms. The van der Waals surface area contributed by atoms with E-state index in [4.69, 9.17) is 5.73 Å². The molecule has 5 rings (SSSR count). The minimum absolute atomic E-state index is 0.00313. The number of urea groups is 1. The molecular formula is C23H25Br2N5O2. The third-order valence-corrected chi connectivity index (χ3v) is 8.10. The van der Waals surface area contributed by atoms with E-state index in [0.717, 1.165) is 53.7 Å². The normalized spacial score (nSPS) is 20.0. The maximum Gasteiger partial charge on any atom is 0.322 e. The van der Waals surface area contributed by atoms with Gasteiger partial charge in [-0.1, -0.05) is 18.2 Å². The molecule has 3 amide bonds. The molecule has 3 aliphatic rings. The lowest BCUT2D eigenvalue weighted by molar-refractivity contribution is 0.0105. The Morgan fingerprint density at radius 2 is 1.69 bits per heavy atom. The van der Waals surface area contributed by atoms with Crippen LogP contribution in [0.1, 0.15) is 28.8 Å². The molecule has 2 fully saturated rings. The molecule has 0 saturated carbocycles. The van der Waals surface area contributed by atoms with Gasteiger partial charge in [0.15, 0.2) is 0 Å². The molecule has 0 unspecified atom stereocenters. The van der Waals surface area contributed by atoms with Gasteiger partial charge >= 0.3 is 6.03 Å². The van der Waals surface area contributed by atoms with E-state index in [0.29, 0.717) is 23.8 Å². The first-order valence-corrected chi connectivity index (χ1v) is 12.4. The summed E-state index contributed by atoms with van der Waals surface area (Å²) in [7, 11) is 0. The summed E-state index contributed by atoms with van der Waals surface area (Å²) >= 11 is 6.83. The molecule has 3 heterocycles. The van der Waals surface area contributed by atoms with E-state index < -0.39 is 0 Å². The van der Waals surface area contributed by atoms with Gasteiger partial charge in [-0.05, 0) is 68.5 Å². The van der Waals surface area contributed by atoms with Gasteiger partial charge in [0.2, 0.25) is 0 Å². The van der Waals surface area contributed by atoms with E-state index >= 15 is 0 Å². The average molecular weight is 563 g/mol. The highest BCUT2D eigenvalue weighted by atomic mass is 79.9. The average Bonchev–Trinajstić information content (AvgIpc) is 2.76. The lowest BCUT2D eigenvalue weighted by Gasteiger charge is -2.49. The number of likely N-dealkylation sites (tertiary alicyclic amines) is 2. The summed E-state index contributed by atoms with van der Waals surface area (Å²) in [4.78, 5) is 31.8. The van der Waals surface area contributed by atoms with Crippen LogP contribution < -0.4 is 11.1 Å². The Labute approximate surface area is 204 Å². The molecule has 3 aliphatic heterocycles. The van der Waals surface area contributed by atoms with Gasteiger partial charge in [0.05, 0.1) is 5.69 Å². The van der Waals surface area contributed by atoms with Crippen molar-refractivity contribution in [1.29, 1.82) is 0 Å². The lowest BCUT2D eigenvalue weighted by atomic mass is 9.97. The van der Waals surface area contributed by atoms with Crippen molar-refractivity contribution >= 4 is 55.2 Å². The second kappa shape index (κ2) is 8.68. The van der Waals surface area contributed by atoms with Gasteiger partial charge in [-0.15, -0.1) is 0 Å². The highest BCUT2D eigenvalue weighted by Gasteiger charge is 2.38. The largest absolute Gasteiger partial charge is 0.397 e. The van der Waals surface area contributed by atoms with Gasteiger partial charge in [0.1, 0.15) is 0 Å². The zero-order chi connectivity index (χ0) is 22.4. The fourth-order valence-electron chi connectivity index (χ4n) is 4.82. The minimum atomic E-state index is 0.00313. The number of nitrogens with two attached hydrogens (primary N) is 1. The third-order valence-electron chi connectivity index (χ3n) is 6.79. The SMILES string of the molecule is Nc1c(Br)cc(C(=O)N2CC(N3CCC(N4Cc5ccccc5NC4=O)CC3)C2)cc1Br. The van der Waals surface area contributed by atoms with Crippen molar-refractivity contribution in [2.45, 2.75) is 31.5 Å². The Balaban J connectivity index is 1.14. The van der Waals surface area contributed by atoms with E-state index in [1.165, 1.54) is 5.56 Å². The van der Waals surface area contributed by atoms with E-state index in [2.05, 4.69) is 48.1 Å². The summed E-state index contributed by atoms with van der Waals surface area (Å²) in [6, 6.07) is 12.2. The number of nitrogen functional groups attached to an aromatic ring is 1. The zero-order valence-electron chi connectivity index (χ0n) is 17.6. The first kappa shape index (κ1) is 21.7. The second-order valence-electron chi connectivity index (χ2n) is 8.70. The van der Waals surface area contributed by atoms with Gasteiger partial charge in [0.25, 0.3) is 5.91 Å². The molecule has 9 heteroatoms. The number of para-hydroxylation sites is 1. The summed E-state index contributed by atoms with van der Waals surface area (Å²) in [6.07, 6.45) is 1.91. The van der Waals surface area contributed by atoms with Crippen LogP contribution >= 0.6 is 31.9 Å². The molecule has 0 aromatic heterocycles. The van der Waals surface area contributed by atoms with Crippen LogP contribution in [0.5, 0.6) is 0 Å². The van der Waals surface area contributed by atoms with E-state index in [1.54, 1.807) is 12.1 Å². The molecule has 3 N–H and O–H groups in total. The number of fused-ring (bicyclic) bond motifs is 1. The molecule has 0 radical (unpaired) electrons. The molecule has 7 nitrogen and oxygen atoms in total. The maximum atomic E-state index is 12.8. The minimum Gasteiger partial charge on any atom is -0.397 e. The number of amides is 3. The molecule has 2 saturated heterocycles. The topological polar surface area (TPSA) is 81.9 Å². The molecular weight excluding hydrogens is 538 g/mol. The first-order valence-electron chi connectivity index (χ1n) is 10.8. The highest BCUT2D eigenvalue weighted by Crippen LogP contribution is 2.32. The van der Waals surface area contributed by atoms with Gasteiger partial charge in [-0.3, -0.25) is 9.69 Å². The molecule has 2 aromatic carbocycles. The van der Waals surface area contributed by atoms with Crippen LogP contribution in [0, 0.1) is 0 Å². The Hall–Kier alpha value is -2.10. The molecule has 0 aliphatic carbocycles. The first-order chi connectivity index (χ1) is 15.4. The number of rotatable bonds is 3. The fourth-order valence-corrected chi connectivity index (χ4v) is 6.01. The number of hydrogen-bond acceptors (Lipinski definition) is 4. The van der Waals surface area contributed by atoms with Crippen molar-refractivity contribution in [2.24, 2.45) is 0 Å². The number of anilines is 2. The van der Waals surface area contributed by atoms with Crippen LogP contribution in [0.25, 0.3) is 0 Å². The van der Waals surface area contributed by atoms with Crippen LogP contribution in [0.3, 0.4) is 0 Å². The van der Waals surface area contributed by atoms with Crippen molar-refractivity contribution in [1.82, 2.24) is 14.7 Å². The number of halogens is 2. The summed E-state index contributed by atoms with van der Waals surface area (Å²) in [5.74, 6) is 0.0289. The number of hydrogen-bond donors (Lipinski definition) is 2. The summed E-state index contributed by atoms with van der Waals surface area (Å²) in [5.41, 5.74) is 9.25. The van der Waals surface area contributed by atoms with Crippen molar-refractivity contribution < 1.29 is 9.59 Å². The van der Waals surface area contributed by atoms with Crippen molar-refractivity contribution in [3.63, 3.8) is 0 Å². The Morgan fingerprint density at radius 3 is 2.38 bits per heavy atom. The monoisotopic (exact) mass is 561 g/mol. The Bertz CT molecular complexity index is 1040. The quantitative estimate of drug-likeness (QED) is 0.551. The smallest absolute Gasteiger partial charge is 0.322 e. The molecule has 0 atom stereocenters. The number of carbonyl (C=O) groups excluding carboxylic acids is 2. The number of piperidine rings is 1. The number of nitrogens with one attached hydrogen (secondary N) is 1. The summed E-state index contributed by atoms with van der Waals surface area (Å²) in [5, 5.41) is 3.02.